The van der Waals surface area contributed by atoms with Gasteiger partial charge in [-0.15, -0.1) is 0 Å². The van der Waals surface area contributed by atoms with Crippen LogP contribution in [0.4, 0.5) is 11.4 Å². The van der Waals surface area contributed by atoms with Crippen LogP contribution in [0, 0.1) is 0 Å². The van der Waals surface area contributed by atoms with Gasteiger partial charge in [-0.05, 0) is 24.3 Å². The summed E-state index contributed by atoms with van der Waals surface area (Å²) in [4.78, 5) is 0. The van der Waals surface area contributed by atoms with Crippen molar-refractivity contribution >= 4 is 33.4 Å². The molecule has 4 rings (SSSR count). The first kappa shape index (κ1) is 10.0. The lowest BCUT2D eigenvalue weighted by Crippen LogP contribution is -1.92. The van der Waals surface area contributed by atoms with Gasteiger partial charge in [0.2, 0.25) is 0 Å². The molecule has 0 unspecified atom stereocenters. The molecule has 0 aliphatic heterocycles. The molecule has 0 bridgehead atoms. The minimum Gasteiger partial charge on any atom is -0.352 e. The molecule has 0 aliphatic carbocycles. The van der Waals surface area contributed by atoms with E-state index < -0.39 is 0 Å². The van der Waals surface area contributed by atoms with Crippen LogP contribution < -0.4 is 5.32 Å². The Morgan fingerprint density at radius 2 is 1.21 bits per heavy atom. The number of hydrogen-bond acceptors (Lipinski definition) is 5. The summed E-state index contributed by atoms with van der Waals surface area (Å²) < 4.78 is 0. The van der Waals surface area contributed by atoms with Crippen LogP contribution in [-0.2, 0) is 0 Å². The second-order valence-corrected chi connectivity index (χ2v) is 4.12. The average Bonchev–Trinajstić information content (AvgIpc) is 3.08. The van der Waals surface area contributed by atoms with E-state index >= 15 is 0 Å². The lowest BCUT2D eigenvalue weighted by Gasteiger charge is -2.06. The van der Waals surface area contributed by atoms with E-state index in [1.165, 1.54) is 0 Å². The maximum absolute atomic E-state index is 4.14. The van der Waals surface area contributed by atoms with Crippen molar-refractivity contribution in [2.75, 3.05) is 5.32 Å². The van der Waals surface area contributed by atoms with Crippen LogP contribution in [0.25, 0.3) is 22.1 Å². The van der Waals surface area contributed by atoms with E-state index in [2.05, 4.69) is 36.1 Å². The summed E-state index contributed by atoms with van der Waals surface area (Å²) in [5.74, 6) is 0. The number of benzene rings is 2. The summed E-state index contributed by atoms with van der Waals surface area (Å²) in [6.07, 6.45) is 0. The van der Waals surface area contributed by atoms with E-state index in [1.54, 1.807) is 0 Å². The molecule has 2 aromatic heterocycles. The number of hydrogen-bond donors (Lipinski definition) is 3. The Kier molecular flexibility index (Phi) is 1.99. The molecule has 19 heavy (non-hydrogen) atoms. The largest absolute Gasteiger partial charge is 0.352 e. The highest BCUT2D eigenvalue weighted by molar-refractivity contribution is 5.95. The average molecular weight is 251 g/mol. The van der Waals surface area contributed by atoms with Gasteiger partial charge in [-0.1, -0.05) is 12.1 Å². The molecule has 3 N–H and O–H groups in total. The molecule has 2 heterocycles. The maximum atomic E-state index is 4.14. The molecule has 0 radical (unpaired) electrons. The van der Waals surface area contributed by atoms with E-state index in [0.29, 0.717) is 0 Å². The predicted octanol–water partition coefficient (Wildman–Crippen LogP) is 1.97. The van der Waals surface area contributed by atoms with Crippen molar-refractivity contribution in [3.8, 4) is 0 Å². The number of nitrogens with one attached hydrogen (secondary N) is 3. The number of nitrogens with zero attached hydrogens (tertiary/aromatic N) is 4. The van der Waals surface area contributed by atoms with Crippen LogP contribution >= 0.6 is 0 Å². The van der Waals surface area contributed by atoms with Crippen LogP contribution in [-0.4, -0.2) is 30.8 Å². The van der Waals surface area contributed by atoms with Gasteiger partial charge in [0.25, 0.3) is 0 Å². The zero-order valence-corrected chi connectivity index (χ0v) is 9.75. The highest BCUT2D eigenvalue weighted by Gasteiger charge is 2.08. The molecule has 2 aromatic carbocycles. The number of anilines is 2. The highest BCUT2D eigenvalue weighted by atomic mass is 15.3. The zero-order chi connectivity index (χ0) is 12.7. The highest BCUT2D eigenvalue weighted by Crippen LogP contribution is 2.26. The minimum atomic E-state index is 0.794. The second-order valence-electron chi connectivity index (χ2n) is 4.12. The van der Waals surface area contributed by atoms with Gasteiger partial charge in [0.05, 0.1) is 11.4 Å². The van der Waals surface area contributed by atoms with Crippen molar-refractivity contribution < 1.29 is 0 Å². The first-order valence-electron chi connectivity index (χ1n) is 5.78. The van der Waals surface area contributed by atoms with E-state index in [0.717, 1.165) is 33.4 Å². The summed E-state index contributed by atoms with van der Waals surface area (Å²) in [6.45, 7) is 0. The Labute approximate surface area is 107 Å². The Morgan fingerprint density at radius 3 is 1.74 bits per heavy atom. The lowest BCUT2D eigenvalue weighted by molar-refractivity contribution is 0.959. The Hall–Kier alpha value is -2.96. The van der Waals surface area contributed by atoms with Crippen LogP contribution in [0.3, 0.4) is 0 Å². The molecule has 0 aliphatic rings. The fraction of sp³-hybridized carbons (Fsp3) is 0. The molecule has 0 fully saturated rings. The molecule has 4 aromatic rings. The first-order valence-corrected chi connectivity index (χ1v) is 5.78. The normalized spacial score (nSPS) is 11.2. The Balaban J connectivity index is 1.86. The monoisotopic (exact) mass is 251 g/mol. The molecular formula is C12H9N7. The standard InChI is InChI=1S/C12H9N7/c1-3-7(11-9(5-1)14-18-16-11)13-8-4-2-6-10-12(8)17-19-15-10/h1-6,13H,(H,14,16,18)(H,15,17,19). The van der Waals surface area contributed by atoms with Crippen LogP contribution in [0.2, 0.25) is 0 Å². The Morgan fingerprint density at radius 1 is 0.684 bits per heavy atom. The molecule has 0 atom stereocenters. The number of H-pyrrole nitrogens is 2. The summed E-state index contributed by atoms with van der Waals surface area (Å²) in [6, 6.07) is 11.6. The summed E-state index contributed by atoms with van der Waals surface area (Å²) in [5, 5.41) is 25.0. The third-order valence-electron chi connectivity index (χ3n) is 2.96. The summed E-state index contributed by atoms with van der Waals surface area (Å²) >= 11 is 0. The van der Waals surface area contributed by atoms with Crippen molar-refractivity contribution in [3.63, 3.8) is 0 Å². The van der Waals surface area contributed by atoms with E-state index in [1.807, 2.05) is 36.4 Å². The number of fused-ring (bicyclic) bond motifs is 2. The number of rotatable bonds is 2. The fourth-order valence-corrected chi connectivity index (χ4v) is 2.08. The van der Waals surface area contributed by atoms with Gasteiger partial charge in [0, 0.05) is 0 Å². The van der Waals surface area contributed by atoms with E-state index in [4.69, 9.17) is 0 Å². The number of aromatic amines is 2. The fourth-order valence-electron chi connectivity index (χ4n) is 2.08. The molecule has 7 heteroatoms. The van der Waals surface area contributed by atoms with Gasteiger partial charge in [-0.3, -0.25) is 0 Å². The third kappa shape index (κ3) is 1.52. The SMILES string of the molecule is c1cc(Nc2cccc3n[nH]nc23)c2n[nH]nc2c1. The Bertz CT molecular complexity index is 788. The minimum absolute atomic E-state index is 0.794. The smallest absolute Gasteiger partial charge is 0.136 e. The molecule has 0 saturated carbocycles. The maximum Gasteiger partial charge on any atom is 0.136 e. The van der Waals surface area contributed by atoms with Gasteiger partial charge >= 0.3 is 0 Å². The number of aromatic nitrogens is 6. The topological polar surface area (TPSA) is 95.2 Å². The summed E-state index contributed by atoms with van der Waals surface area (Å²) in [5.41, 5.74) is 4.98. The van der Waals surface area contributed by atoms with Crippen molar-refractivity contribution in [2.45, 2.75) is 0 Å². The van der Waals surface area contributed by atoms with Crippen molar-refractivity contribution in [1.82, 2.24) is 30.8 Å². The summed E-state index contributed by atoms with van der Waals surface area (Å²) in [7, 11) is 0. The molecular weight excluding hydrogens is 242 g/mol. The van der Waals surface area contributed by atoms with Gasteiger partial charge in [0.15, 0.2) is 0 Å². The van der Waals surface area contributed by atoms with Crippen molar-refractivity contribution in [3.05, 3.63) is 36.4 Å². The van der Waals surface area contributed by atoms with Gasteiger partial charge in [-0.2, -0.15) is 30.8 Å². The van der Waals surface area contributed by atoms with E-state index in [-0.39, 0.29) is 0 Å². The molecule has 0 amide bonds. The first-order chi connectivity index (χ1) is 9.42. The van der Waals surface area contributed by atoms with Gasteiger partial charge in [-0.25, -0.2) is 0 Å². The number of para-hydroxylation sites is 2. The second kappa shape index (κ2) is 3.77. The lowest BCUT2D eigenvalue weighted by atomic mass is 10.2. The molecule has 0 spiro atoms. The van der Waals surface area contributed by atoms with Crippen LogP contribution in [0.15, 0.2) is 36.4 Å². The van der Waals surface area contributed by atoms with E-state index in [9.17, 15) is 0 Å². The molecule has 7 nitrogen and oxygen atoms in total. The van der Waals surface area contributed by atoms with Crippen molar-refractivity contribution in [2.24, 2.45) is 0 Å². The predicted molar refractivity (Wildman–Crippen MR) is 71.1 cm³/mol. The van der Waals surface area contributed by atoms with Crippen LogP contribution in [0.1, 0.15) is 0 Å². The molecule has 92 valence electrons. The van der Waals surface area contributed by atoms with Gasteiger partial charge in [0.1, 0.15) is 22.1 Å². The van der Waals surface area contributed by atoms with Gasteiger partial charge < -0.3 is 5.32 Å². The van der Waals surface area contributed by atoms with Crippen LogP contribution in [0.5, 0.6) is 0 Å². The molecule has 0 saturated heterocycles. The quantitative estimate of drug-likeness (QED) is 0.506. The zero-order valence-electron chi connectivity index (χ0n) is 9.75. The third-order valence-corrected chi connectivity index (χ3v) is 2.96. The van der Waals surface area contributed by atoms with Crippen molar-refractivity contribution in [1.29, 1.82) is 0 Å².